The summed E-state index contributed by atoms with van der Waals surface area (Å²) in [6, 6.07) is 20.6. The number of allylic oxidation sites excluding steroid dienone is 1. The minimum absolute atomic E-state index is 0.733. The number of fused-ring (bicyclic) bond motifs is 1. The smallest absolute Gasteiger partial charge is 0.119 e. The summed E-state index contributed by atoms with van der Waals surface area (Å²) in [5.41, 5.74) is 4.53. The van der Waals surface area contributed by atoms with E-state index in [-0.39, 0.29) is 0 Å². The Morgan fingerprint density at radius 3 is 2.32 bits per heavy atom. The van der Waals surface area contributed by atoms with Crippen LogP contribution in [0.2, 0.25) is 0 Å². The third-order valence-electron chi connectivity index (χ3n) is 3.98. The quantitative estimate of drug-likeness (QED) is 0.461. The summed E-state index contributed by atoms with van der Waals surface area (Å²) in [4.78, 5) is 0. The number of benzene rings is 3. The molecule has 0 aromatic heterocycles. The van der Waals surface area contributed by atoms with E-state index < -0.39 is 0 Å². The van der Waals surface area contributed by atoms with Gasteiger partial charge in [-0.1, -0.05) is 59.6 Å². The van der Waals surface area contributed by atoms with Crippen molar-refractivity contribution in [2.75, 3.05) is 7.11 Å². The fourth-order valence-corrected chi connectivity index (χ4v) is 3.04. The molecule has 0 fully saturated rings. The maximum Gasteiger partial charge on any atom is 0.119 e. The van der Waals surface area contributed by atoms with Crippen LogP contribution >= 0.6 is 11.6 Å². The summed E-state index contributed by atoms with van der Waals surface area (Å²) >= 11 is 6.57. The van der Waals surface area contributed by atoms with Crippen molar-refractivity contribution in [2.24, 2.45) is 0 Å². The van der Waals surface area contributed by atoms with Crippen molar-refractivity contribution in [3.8, 4) is 5.75 Å². The summed E-state index contributed by atoms with van der Waals surface area (Å²) in [5.74, 6) is 0.866. The van der Waals surface area contributed by atoms with Crippen LogP contribution < -0.4 is 4.74 Å². The van der Waals surface area contributed by atoms with Crippen LogP contribution in [0.25, 0.3) is 28.0 Å². The lowest BCUT2D eigenvalue weighted by Crippen LogP contribution is -1.83. The van der Waals surface area contributed by atoms with Gasteiger partial charge in [0.1, 0.15) is 5.75 Å². The van der Waals surface area contributed by atoms with Crippen molar-refractivity contribution >= 4 is 39.6 Å². The van der Waals surface area contributed by atoms with Crippen molar-refractivity contribution in [3.05, 3.63) is 82.9 Å². The van der Waals surface area contributed by atoms with Crippen molar-refractivity contribution in [1.29, 1.82) is 0 Å². The minimum atomic E-state index is 0.733. The Balaban J connectivity index is 1.94. The van der Waals surface area contributed by atoms with E-state index in [0.717, 1.165) is 38.2 Å². The Labute approximate surface area is 154 Å². The second-order valence-electron chi connectivity index (χ2n) is 6.31. The second-order valence-corrected chi connectivity index (χ2v) is 6.72. The summed E-state index contributed by atoms with van der Waals surface area (Å²) < 4.78 is 5.28. The molecule has 0 saturated heterocycles. The number of rotatable bonds is 4. The van der Waals surface area contributed by atoms with Crippen molar-refractivity contribution < 1.29 is 4.74 Å². The van der Waals surface area contributed by atoms with Gasteiger partial charge in [-0.05, 0) is 71.7 Å². The standard InChI is InChI=1S/C23H21ClO/c1-16(2)11-17-5-4-6-21(13-17)23(24)14-18-7-8-20-15-22(25-3)10-9-19(20)12-18/h4-15H,1-3H3. The summed E-state index contributed by atoms with van der Waals surface area (Å²) in [7, 11) is 1.68. The highest BCUT2D eigenvalue weighted by Gasteiger charge is 2.02. The van der Waals surface area contributed by atoms with E-state index in [4.69, 9.17) is 16.3 Å². The molecule has 0 heterocycles. The fourth-order valence-electron chi connectivity index (χ4n) is 2.80. The zero-order valence-electron chi connectivity index (χ0n) is 14.7. The Hall–Kier alpha value is -2.51. The van der Waals surface area contributed by atoms with Gasteiger partial charge in [-0.25, -0.2) is 0 Å². The average molecular weight is 349 g/mol. The van der Waals surface area contributed by atoms with Gasteiger partial charge in [0.05, 0.1) is 7.11 Å². The molecular formula is C23H21ClO. The molecule has 0 aliphatic heterocycles. The van der Waals surface area contributed by atoms with Crippen LogP contribution in [0.3, 0.4) is 0 Å². The van der Waals surface area contributed by atoms with Gasteiger partial charge in [0.15, 0.2) is 0 Å². The Morgan fingerprint density at radius 2 is 1.56 bits per heavy atom. The van der Waals surface area contributed by atoms with Crippen LogP contribution in [-0.2, 0) is 0 Å². The minimum Gasteiger partial charge on any atom is -0.497 e. The average Bonchev–Trinajstić information content (AvgIpc) is 2.61. The predicted octanol–water partition coefficient (Wildman–Crippen LogP) is 7.01. The number of halogens is 1. The highest BCUT2D eigenvalue weighted by atomic mass is 35.5. The van der Waals surface area contributed by atoms with E-state index in [1.165, 1.54) is 5.57 Å². The summed E-state index contributed by atoms with van der Waals surface area (Å²) in [6.45, 7) is 4.18. The fraction of sp³-hybridized carbons (Fsp3) is 0.130. The molecule has 3 aromatic carbocycles. The van der Waals surface area contributed by atoms with Crippen LogP contribution in [0.1, 0.15) is 30.5 Å². The van der Waals surface area contributed by atoms with Gasteiger partial charge in [0.2, 0.25) is 0 Å². The molecule has 0 atom stereocenters. The maximum atomic E-state index is 6.57. The summed E-state index contributed by atoms with van der Waals surface area (Å²) in [6.07, 6.45) is 4.16. The summed E-state index contributed by atoms with van der Waals surface area (Å²) in [5, 5.41) is 3.05. The van der Waals surface area contributed by atoms with Gasteiger partial charge in [-0.2, -0.15) is 0 Å². The van der Waals surface area contributed by atoms with Gasteiger partial charge >= 0.3 is 0 Å². The molecule has 25 heavy (non-hydrogen) atoms. The maximum absolute atomic E-state index is 6.57. The Bertz CT molecular complexity index is 963. The van der Waals surface area contributed by atoms with E-state index in [1.54, 1.807) is 7.11 Å². The molecule has 0 aliphatic carbocycles. The molecule has 0 radical (unpaired) electrons. The van der Waals surface area contributed by atoms with Crippen LogP contribution in [0, 0.1) is 0 Å². The molecule has 2 heteroatoms. The first kappa shape index (κ1) is 17.3. The molecule has 3 aromatic rings. The molecular weight excluding hydrogens is 328 g/mol. The molecule has 0 aliphatic rings. The lowest BCUT2D eigenvalue weighted by Gasteiger charge is -2.05. The lowest BCUT2D eigenvalue weighted by molar-refractivity contribution is 0.415. The normalized spacial score (nSPS) is 11.4. The Kier molecular flexibility index (Phi) is 5.25. The third-order valence-corrected chi connectivity index (χ3v) is 4.31. The van der Waals surface area contributed by atoms with Gasteiger partial charge in [0, 0.05) is 5.03 Å². The molecule has 126 valence electrons. The first-order valence-corrected chi connectivity index (χ1v) is 8.63. The van der Waals surface area contributed by atoms with E-state index in [0.29, 0.717) is 0 Å². The largest absolute Gasteiger partial charge is 0.497 e. The molecule has 0 spiro atoms. The van der Waals surface area contributed by atoms with Crippen molar-refractivity contribution in [3.63, 3.8) is 0 Å². The topological polar surface area (TPSA) is 9.23 Å². The van der Waals surface area contributed by atoms with E-state index in [9.17, 15) is 0 Å². The monoisotopic (exact) mass is 348 g/mol. The lowest BCUT2D eigenvalue weighted by atomic mass is 10.0. The highest BCUT2D eigenvalue weighted by Crippen LogP contribution is 2.27. The molecule has 0 amide bonds. The van der Waals surface area contributed by atoms with Crippen LogP contribution in [0.15, 0.2) is 66.2 Å². The van der Waals surface area contributed by atoms with Crippen molar-refractivity contribution in [2.45, 2.75) is 13.8 Å². The molecule has 3 rings (SSSR count). The first-order chi connectivity index (χ1) is 12.0. The molecule has 0 bridgehead atoms. The van der Waals surface area contributed by atoms with Crippen LogP contribution in [0.5, 0.6) is 5.75 Å². The molecule has 1 nitrogen and oxygen atoms in total. The van der Waals surface area contributed by atoms with Crippen LogP contribution in [0.4, 0.5) is 0 Å². The molecule has 0 saturated carbocycles. The zero-order chi connectivity index (χ0) is 17.8. The molecule has 0 unspecified atom stereocenters. The van der Waals surface area contributed by atoms with Gasteiger partial charge in [0.25, 0.3) is 0 Å². The third kappa shape index (κ3) is 4.32. The van der Waals surface area contributed by atoms with E-state index in [1.807, 2.05) is 30.3 Å². The first-order valence-electron chi connectivity index (χ1n) is 8.25. The van der Waals surface area contributed by atoms with Gasteiger partial charge < -0.3 is 4.74 Å². The van der Waals surface area contributed by atoms with Crippen molar-refractivity contribution in [1.82, 2.24) is 0 Å². The van der Waals surface area contributed by atoms with E-state index in [2.05, 4.69) is 56.3 Å². The highest BCUT2D eigenvalue weighted by molar-refractivity contribution is 6.51. The number of hydrogen-bond donors (Lipinski definition) is 0. The predicted molar refractivity (Wildman–Crippen MR) is 110 cm³/mol. The Morgan fingerprint density at radius 1 is 0.840 bits per heavy atom. The second kappa shape index (κ2) is 7.58. The number of methoxy groups -OCH3 is 1. The number of hydrogen-bond acceptors (Lipinski definition) is 1. The SMILES string of the molecule is COc1ccc2cc(C=C(Cl)c3cccc(C=C(C)C)c3)ccc2c1. The van der Waals surface area contributed by atoms with Gasteiger partial charge in [-0.3, -0.25) is 0 Å². The van der Waals surface area contributed by atoms with Crippen LogP contribution in [-0.4, -0.2) is 7.11 Å². The van der Waals surface area contributed by atoms with E-state index >= 15 is 0 Å². The molecule has 0 N–H and O–H groups in total. The van der Waals surface area contributed by atoms with Gasteiger partial charge in [-0.15, -0.1) is 0 Å². The zero-order valence-corrected chi connectivity index (χ0v) is 15.5. The number of ether oxygens (including phenoxy) is 1.